The van der Waals surface area contributed by atoms with E-state index in [4.69, 9.17) is 0 Å². The van der Waals surface area contributed by atoms with Gasteiger partial charge in [0.1, 0.15) is 0 Å². The lowest BCUT2D eigenvalue weighted by Gasteiger charge is -2.18. The fraction of sp³-hybridized carbons (Fsp3) is 0.333. The summed E-state index contributed by atoms with van der Waals surface area (Å²) in [5, 5.41) is 2.28. The molecule has 0 unspecified atom stereocenters. The van der Waals surface area contributed by atoms with Crippen molar-refractivity contribution in [2.75, 3.05) is 0 Å². The van der Waals surface area contributed by atoms with Gasteiger partial charge in [-0.3, -0.25) is 14.9 Å². The van der Waals surface area contributed by atoms with Crippen LogP contribution < -0.4 is 5.32 Å². The Kier molecular flexibility index (Phi) is 3.07. The van der Waals surface area contributed by atoms with Crippen molar-refractivity contribution in [3.63, 3.8) is 0 Å². The summed E-state index contributed by atoms with van der Waals surface area (Å²) < 4.78 is 0. The molecular weight excluding hydrogens is 226 g/mol. The Bertz CT molecular complexity index is 518. The lowest BCUT2D eigenvalue weighted by molar-refractivity contribution is -0.124. The molecule has 18 heavy (non-hydrogen) atoms. The maximum Gasteiger partial charge on any atom is 0.254 e. The molecule has 0 saturated carbocycles. The second-order valence-electron chi connectivity index (χ2n) is 5.60. The van der Waals surface area contributed by atoms with Gasteiger partial charge >= 0.3 is 0 Å². The second kappa shape index (κ2) is 4.41. The van der Waals surface area contributed by atoms with Crippen LogP contribution in [-0.4, -0.2) is 11.8 Å². The predicted octanol–water partition coefficient (Wildman–Crippen LogP) is 2.41. The summed E-state index contributed by atoms with van der Waals surface area (Å²) in [6.07, 6.45) is 1.95. The molecule has 1 aromatic rings. The lowest BCUT2D eigenvalue weighted by Crippen LogP contribution is -2.19. The minimum absolute atomic E-state index is 0.117. The maximum atomic E-state index is 11.4. The molecule has 1 heterocycles. The molecule has 3 heteroatoms. The first-order valence-corrected chi connectivity index (χ1v) is 6.01. The van der Waals surface area contributed by atoms with Crippen LogP contribution in [0.25, 0.3) is 6.08 Å². The SMILES string of the molecule is CC(C)(C)c1ccc(/C=C2\CC(=O)NC2=O)cc1. The summed E-state index contributed by atoms with van der Waals surface area (Å²) in [6, 6.07) is 8.06. The quantitative estimate of drug-likeness (QED) is 0.608. The van der Waals surface area contributed by atoms with Crippen LogP contribution >= 0.6 is 0 Å². The number of hydrogen-bond acceptors (Lipinski definition) is 2. The van der Waals surface area contributed by atoms with Gasteiger partial charge < -0.3 is 0 Å². The molecule has 0 bridgehead atoms. The smallest absolute Gasteiger partial charge is 0.254 e. The number of carbonyl (C=O) groups is 2. The largest absolute Gasteiger partial charge is 0.292 e. The van der Waals surface area contributed by atoms with E-state index >= 15 is 0 Å². The zero-order valence-electron chi connectivity index (χ0n) is 10.9. The topological polar surface area (TPSA) is 46.2 Å². The summed E-state index contributed by atoms with van der Waals surface area (Å²) in [5.41, 5.74) is 2.84. The van der Waals surface area contributed by atoms with Crippen molar-refractivity contribution < 1.29 is 9.59 Å². The zero-order chi connectivity index (χ0) is 13.3. The Morgan fingerprint density at radius 3 is 2.17 bits per heavy atom. The van der Waals surface area contributed by atoms with Gasteiger partial charge in [-0.15, -0.1) is 0 Å². The highest BCUT2D eigenvalue weighted by Crippen LogP contribution is 2.23. The van der Waals surface area contributed by atoms with E-state index in [1.807, 2.05) is 12.1 Å². The summed E-state index contributed by atoms with van der Waals surface area (Å²) in [6.45, 7) is 6.47. The van der Waals surface area contributed by atoms with E-state index in [0.29, 0.717) is 5.57 Å². The molecule has 0 atom stereocenters. The van der Waals surface area contributed by atoms with Crippen LogP contribution in [0.5, 0.6) is 0 Å². The Hall–Kier alpha value is -1.90. The molecule has 0 aliphatic carbocycles. The van der Waals surface area contributed by atoms with Crippen LogP contribution in [0.2, 0.25) is 0 Å². The predicted molar refractivity (Wildman–Crippen MR) is 70.9 cm³/mol. The van der Waals surface area contributed by atoms with Crippen molar-refractivity contribution in [2.45, 2.75) is 32.6 Å². The van der Waals surface area contributed by atoms with Gasteiger partial charge in [0.05, 0.1) is 6.42 Å². The summed E-state index contributed by atoms with van der Waals surface area (Å²) in [7, 11) is 0. The molecule has 1 N–H and O–H groups in total. The summed E-state index contributed by atoms with van der Waals surface area (Å²) in [5.74, 6) is -0.502. The van der Waals surface area contributed by atoms with Gasteiger partial charge in [0, 0.05) is 5.57 Å². The van der Waals surface area contributed by atoms with Crippen molar-refractivity contribution in [1.29, 1.82) is 0 Å². The van der Waals surface area contributed by atoms with E-state index in [1.54, 1.807) is 6.08 Å². The fourth-order valence-corrected chi connectivity index (χ4v) is 1.90. The number of imide groups is 1. The number of rotatable bonds is 1. The first-order chi connectivity index (χ1) is 8.36. The van der Waals surface area contributed by atoms with E-state index in [2.05, 4.69) is 38.2 Å². The first kappa shape index (κ1) is 12.6. The summed E-state index contributed by atoms with van der Waals surface area (Å²) >= 11 is 0. The molecule has 1 fully saturated rings. The van der Waals surface area contributed by atoms with Crippen LogP contribution in [-0.2, 0) is 15.0 Å². The standard InChI is InChI=1S/C15H17NO2/c1-15(2,3)12-6-4-10(5-7-12)8-11-9-13(17)16-14(11)18/h4-8H,9H2,1-3H3,(H,16,17,18)/b11-8+. The third-order valence-corrected chi connectivity index (χ3v) is 3.01. The van der Waals surface area contributed by atoms with Crippen LogP contribution in [0.1, 0.15) is 38.3 Å². The number of carbonyl (C=O) groups excluding carboxylic acids is 2. The number of amides is 2. The van der Waals surface area contributed by atoms with Crippen LogP contribution in [0, 0.1) is 0 Å². The molecule has 2 amide bonds. The number of nitrogens with one attached hydrogen (secondary N) is 1. The van der Waals surface area contributed by atoms with Gasteiger partial charge in [0.15, 0.2) is 0 Å². The molecular formula is C15H17NO2. The molecule has 3 nitrogen and oxygen atoms in total. The third kappa shape index (κ3) is 2.67. The Balaban J connectivity index is 2.24. The van der Waals surface area contributed by atoms with Gasteiger partial charge in [-0.2, -0.15) is 0 Å². The highest BCUT2D eigenvalue weighted by molar-refractivity contribution is 6.15. The average molecular weight is 243 g/mol. The number of hydrogen-bond donors (Lipinski definition) is 1. The van der Waals surface area contributed by atoms with Crippen molar-refractivity contribution in [1.82, 2.24) is 5.32 Å². The van der Waals surface area contributed by atoms with Crippen LogP contribution in [0.15, 0.2) is 29.8 Å². The maximum absolute atomic E-state index is 11.4. The monoisotopic (exact) mass is 243 g/mol. The molecule has 94 valence electrons. The molecule has 1 aliphatic rings. The van der Waals surface area contributed by atoms with E-state index in [9.17, 15) is 9.59 Å². The molecule has 1 saturated heterocycles. The molecule has 1 aromatic carbocycles. The average Bonchev–Trinajstić information content (AvgIpc) is 2.57. The summed E-state index contributed by atoms with van der Waals surface area (Å²) in [4.78, 5) is 22.5. The Morgan fingerprint density at radius 1 is 1.11 bits per heavy atom. The molecule has 0 spiro atoms. The Labute approximate surface area is 107 Å². The normalized spacial score (nSPS) is 18.3. The molecule has 2 rings (SSSR count). The van der Waals surface area contributed by atoms with Crippen molar-refractivity contribution in [3.05, 3.63) is 41.0 Å². The Morgan fingerprint density at radius 2 is 1.72 bits per heavy atom. The van der Waals surface area contributed by atoms with Crippen LogP contribution in [0.4, 0.5) is 0 Å². The molecule has 0 radical (unpaired) electrons. The van der Waals surface area contributed by atoms with Gasteiger partial charge in [0.25, 0.3) is 5.91 Å². The van der Waals surface area contributed by atoms with E-state index in [0.717, 1.165) is 5.56 Å². The van der Waals surface area contributed by atoms with Crippen LogP contribution in [0.3, 0.4) is 0 Å². The van der Waals surface area contributed by atoms with Gasteiger partial charge in [0.2, 0.25) is 5.91 Å². The second-order valence-corrected chi connectivity index (χ2v) is 5.60. The van der Waals surface area contributed by atoms with E-state index in [1.165, 1.54) is 5.56 Å². The van der Waals surface area contributed by atoms with Gasteiger partial charge in [-0.05, 0) is 22.6 Å². The number of benzene rings is 1. The van der Waals surface area contributed by atoms with E-state index < -0.39 is 0 Å². The minimum atomic E-state index is -0.278. The molecule has 0 aromatic heterocycles. The zero-order valence-corrected chi connectivity index (χ0v) is 10.9. The molecule has 1 aliphatic heterocycles. The first-order valence-electron chi connectivity index (χ1n) is 6.01. The van der Waals surface area contributed by atoms with Crippen molar-refractivity contribution >= 4 is 17.9 Å². The van der Waals surface area contributed by atoms with Gasteiger partial charge in [-0.25, -0.2) is 0 Å². The highest BCUT2D eigenvalue weighted by atomic mass is 16.2. The highest BCUT2D eigenvalue weighted by Gasteiger charge is 2.23. The lowest BCUT2D eigenvalue weighted by atomic mass is 9.86. The fourth-order valence-electron chi connectivity index (χ4n) is 1.90. The van der Waals surface area contributed by atoms with Crippen molar-refractivity contribution in [3.8, 4) is 0 Å². The van der Waals surface area contributed by atoms with E-state index in [-0.39, 0.29) is 23.7 Å². The minimum Gasteiger partial charge on any atom is -0.292 e. The van der Waals surface area contributed by atoms with Crippen molar-refractivity contribution in [2.24, 2.45) is 0 Å². The van der Waals surface area contributed by atoms with Gasteiger partial charge in [-0.1, -0.05) is 45.0 Å². The third-order valence-electron chi connectivity index (χ3n) is 3.01.